The summed E-state index contributed by atoms with van der Waals surface area (Å²) in [5.74, 6) is 0.579. The zero-order chi connectivity index (χ0) is 14.4. The molecule has 0 radical (unpaired) electrons. The predicted octanol–water partition coefficient (Wildman–Crippen LogP) is 2.89. The summed E-state index contributed by atoms with van der Waals surface area (Å²) in [5.41, 5.74) is 7.78. The number of aryl methyl sites for hydroxylation is 1. The summed E-state index contributed by atoms with van der Waals surface area (Å²) in [6.07, 6.45) is 7.11. The number of carbonyl (C=O) groups is 1. The number of amides is 1. The Labute approximate surface area is 121 Å². The summed E-state index contributed by atoms with van der Waals surface area (Å²) in [7, 11) is 0. The summed E-state index contributed by atoms with van der Waals surface area (Å²) in [5, 5.41) is 3.16. The Kier molecular flexibility index (Phi) is 5.60. The third-order valence-corrected chi connectivity index (χ3v) is 4.43. The Hall–Kier alpha value is -1.35. The Bertz CT molecular complexity index is 438. The zero-order valence-electron chi connectivity index (χ0n) is 12.4. The van der Waals surface area contributed by atoms with E-state index < -0.39 is 0 Å². The van der Waals surface area contributed by atoms with Gasteiger partial charge in [-0.25, -0.2) is 0 Å². The predicted molar refractivity (Wildman–Crippen MR) is 82.7 cm³/mol. The van der Waals surface area contributed by atoms with Gasteiger partial charge in [0.25, 0.3) is 5.91 Å². The Morgan fingerprint density at radius 3 is 2.65 bits per heavy atom. The first-order chi connectivity index (χ1) is 9.76. The monoisotopic (exact) mass is 274 g/mol. The van der Waals surface area contributed by atoms with Crippen LogP contribution in [-0.2, 0) is 6.42 Å². The van der Waals surface area contributed by atoms with Crippen molar-refractivity contribution in [1.29, 1.82) is 0 Å². The van der Waals surface area contributed by atoms with Gasteiger partial charge in [-0.2, -0.15) is 0 Å². The van der Waals surface area contributed by atoms with Crippen LogP contribution in [0.5, 0.6) is 0 Å². The summed E-state index contributed by atoms with van der Waals surface area (Å²) in [6, 6.07) is 7.95. The number of nitrogens with two attached hydrogens (primary N) is 1. The minimum absolute atomic E-state index is 0.0310. The molecule has 0 heterocycles. The Morgan fingerprint density at radius 1 is 1.30 bits per heavy atom. The van der Waals surface area contributed by atoms with E-state index in [0.717, 1.165) is 17.5 Å². The van der Waals surface area contributed by atoms with E-state index in [0.29, 0.717) is 12.5 Å². The van der Waals surface area contributed by atoms with Gasteiger partial charge in [0, 0.05) is 18.2 Å². The Balaban J connectivity index is 2.04. The summed E-state index contributed by atoms with van der Waals surface area (Å²) >= 11 is 0. The van der Waals surface area contributed by atoms with Crippen LogP contribution < -0.4 is 11.1 Å². The maximum absolute atomic E-state index is 12.5. The third kappa shape index (κ3) is 3.60. The van der Waals surface area contributed by atoms with Gasteiger partial charge >= 0.3 is 0 Å². The van der Waals surface area contributed by atoms with Crippen molar-refractivity contribution < 1.29 is 4.79 Å². The highest BCUT2D eigenvalue weighted by molar-refractivity contribution is 5.95. The van der Waals surface area contributed by atoms with Crippen molar-refractivity contribution in [1.82, 2.24) is 5.32 Å². The van der Waals surface area contributed by atoms with Crippen LogP contribution in [0.25, 0.3) is 0 Å². The van der Waals surface area contributed by atoms with Gasteiger partial charge in [0.2, 0.25) is 0 Å². The third-order valence-electron chi connectivity index (χ3n) is 4.43. The zero-order valence-corrected chi connectivity index (χ0v) is 12.4. The van der Waals surface area contributed by atoms with E-state index in [1.165, 1.54) is 32.1 Å². The second-order valence-electron chi connectivity index (χ2n) is 5.72. The molecule has 1 unspecified atom stereocenters. The highest BCUT2D eigenvalue weighted by Gasteiger charge is 2.24. The fraction of sp³-hybridized carbons (Fsp3) is 0.588. The first-order valence-corrected chi connectivity index (χ1v) is 7.85. The molecule has 0 spiro atoms. The average Bonchev–Trinajstić information content (AvgIpc) is 2.53. The lowest BCUT2D eigenvalue weighted by molar-refractivity contribution is 0.0914. The summed E-state index contributed by atoms with van der Waals surface area (Å²) in [6.45, 7) is 2.61. The van der Waals surface area contributed by atoms with Crippen LogP contribution in [-0.4, -0.2) is 18.5 Å². The van der Waals surface area contributed by atoms with Gasteiger partial charge in [-0.1, -0.05) is 44.4 Å². The van der Waals surface area contributed by atoms with Crippen LogP contribution in [0, 0.1) is 5.92 Å². The second kappa shape index (κ2) is 7.44. The fourth-order valence-electron chi connectivity index (χ4n) is 3.20. The van der Waals surface area contributed by atoms with E-state index in [9.17, 15) is 4.79 Å². The van der Waals surface area contributed by atoms with Gasteiger partial charge in [-0.3, -0.25) is 4.79 Å². The van der Waals surface area contributed by atoms with E-state index in [1.54, 1.807) is 0 Å². The van der Waals surface area contributed by atoms with E-state index >= 15 is 0 Å². The number of hydrogen-bond donors (Lipinski definition) is 2. The molecule has 1 fully saturated rings. The molecule has 3 N–H and O–H groups in total. The van der Waals surface area contributed by atoms with Crippen LogP contribution in [0.4, 0.5) is 0 Å². The lowest BCUT2D eigenvalue weighted by Crippen LogP contribution is -2.46. The van der Waals surface area contributed by atoms with Crippen molar-refractivity contribution in [3.8, 4) is 0 Å². The molecule has 1 aromatic rings. The van der Waals surface area contributed by atoms with Crippen molar-refractivity contribution in [3.05, 3.63) is 35.4 Å². The molecule has 0 aliphatic heterocycles. The molecule has 1 atom stereocenters. The molecule has 1 amide bonds. The van der Waals surface area contributed by atoms with E-state index in [2.05, 4.69) is 12.2 Å². The average molecular weight is 274 g/mol. The van der Waals surface area contributed by atoms with Crippen molar-refractivity contribution in [3.63, 3.8) is 0 Å². The highest BCUT2D eigenvalue weighted by atomic mass is 16.1. The minimum atomic E-state index is 0.0310. The summed E-state index contributed by atoms with van der Waals surface area (Å²) in [4.78, 5) is 12.5. The SMILES string of the molecule is CCc1ccccc1C(=O)NC(CN)C1CCCCC1. The first-order valence-electron chi connectivity index (χ1n) is 7.85. The highest BCUT2D eigenvalue weighted by Crippen LogP contribution is 2.26. The largest absolute Gasteiger partial charge is 0.348 e. The van der Waals surface area contributed by atoms with E-state index in [4.69, 9.17) is 5.73 Å². The lowest BCUT2D eigenvalue weighted by Gasteiger charge is -2.30. The van der Waals surface area contributed by atoms with Crippen molar-refractivity contribution >= 4 is 5.91 Å². The smallest absolute Gasteiger partial charge is 0.251 e. The molecule has 2 rings (SSSR count). The molecular formula is C17H26N2O. The quantitative estimate of drug-likeness (QED) is 0.867. The van der Waals surface area contributed by atoms with Gasteiger partial charge in [0.15, 0.2) is 0 Å². The molecule has 0 saturated heterocycles. The molecule has 3 nitrogen and oxygen atoms in total. The first kappa shape index (κ1) is 15.0. The van der Waals surface area contributed by atoms with Crippen molar-refractivity contribution in [2.24, 2.45) is 11.7 Å². The molecule has 3 heteroatoms. The molecule has 0 bridgehead atoms. The number of carbonyl (C=O) groups excluding carboxylic acids is 1. The number of benzene rings is 1. The molecule has 1 aliphatic rings. The van der Waals surface area contributed by atoms with Crippen LogP contribution in [0.3, 0.4) is 0 Å². The van der Waals surface area contributed by atoms with Gasteiger partial charge < -0.3 is 11.1 Å². The number of hydrogen-bond acceptors (Lipinski definition) is 2. The Morgan fingerprint density at radius 2 is 2.00 bits per heavy atom. The van der Waals surface area contributed by atoms with E-state index in [1.807, 2.05) is 24.3 Å². The molecule has 1 aromatic carbocycles. The van der Waals surface area contributed by atoms with Crippen LogP contribution in [0.2, 0.25) is 0 Å². The normalized spacial score (nSPS) is 17.7. The van der Waals surface area contributed by atoms with E-state index in [-0.39, 0.29) is 11.9 Å². The van der Waals surface area contributed by atoms with Crippen molar-refractivity contribution in [2.75, 3.05) is 6.54 Å². The van der Waals surface area contributed by atoms with Gasteiger partial charge in [0.05, 0.1) is 0 Å². The van der Waals surface area contributed by atoms with Gasteiger partial charge in [-0.15, -0.1) is 0 Å². The minimum Gasteiger partial charge on any atom is -0.348 e. The second-order valence-corrected chi connectivity index (χ2v) is 5.72. The molecular weight excluding hydrogens is 248 g/mol. The topological polar surface area (TPSA) is 55.1 Å². The maximum Gasteiger partial charge on any atom is 0.251 e. The fourth-order valence-corrected chi connectivity index (χ4v) is 3.20. The number of nitrogens with one attached hydrogen (secondary N) is 1. The molecule has 1 saturated carbocycles. The molecule has 1 aliphatic carbocycles. The van der Waals surface area contributed by atoms with Gasteiger partial charge in [-0.05, 0) is 36.8 Å². The number of rotatable bonds is 5. The maximum atomic E-state index is 12.5. The molecule has 0 aromatic heterocycles. The molecule has 20 heavy (non-hydrogen) atoms. The van der Waals surface area contributed by atoms with Gasteiger partial charge in [0.1, 0.15) is 0 Å². The molecule has 110 valence electrons. The van der Waals surface area contributed by atoms with Crippen LogP contribution in [0.15, 0.2) is 24.3 Å². The lowest BCUT2D eigenvalue weighted by atomic mass is 9.83. The van der Waals surface area contributed by atoms with Crippen LogP contribution in [0.1, 0.15) is 54.9 Å². The van der Waals surface area contributed by atoms with Crippen LogP contribution >= 0.6 is 0 Å². The summed E-state index contributed by atoms with van der Waals surface area (Å²) < 4.78 is 0. The van der Waals surface area contributed by atoms with Crippen molar-refractivity contribution in [2.45, 2.75) is 51.5 Å². The standard InChI is InChI=1S/C17H26N2O/c1-2-13-8-6-7-11-15(13)17(20)19-16(12-18)14-9-4-3-5-10-14/h6-8,11,14,16H,2-5,9-10,12,18H2,1H3,(H,19,20).